The highest BCUT2D eigenvalue weighted by Crippen LogP contribution is 2.34. The van der Waals surface area contributed by atoms with Crippen LogP contribution in [0.4, 0.5) is 0 Å². The van der Waals surface area contributed by atoms with Crippen molar-refractivity contribution in [3.05, 3.63) is 28.8 Å². The van der Waals surface area contributed by atoms with E-state index in [9.17, 15) is 15.0 Å². The van der Waals surface area contributed by atoms with Gasteiger partial charge in [0.2, 0.25) is 0 Å². The Balaban J connectivity index is 2.69. The van der Waals surface area contributed by atoms with E-state index < -0.39 is 6.23 Å². The Morgan fingerprint density at radius 2 is 2.07 bits per heavy atom. The minimum absolute atomic E-state index is 0.0726. The first-order valence-corrected chi connectivity index (χ1v) is 4.31. The molecule has 1 aromatic rings. The molecule has 1 aliphatic heterocycles. The standard InChI is InChI=1S/C10H11NO3/c1-5-3-6(12)4-7-8(5)10(14)11(2)9(7)13/h3-4,9,12-13H,1-2H3. The van der Waals surface area contributed by atoms with Gasteiger partial charge in [0.1, 0.15) is 5.75 Å². The maximum atomic E-state index is 11.6. The number of aliphatic hydroxyl groups is 1. The largest absolute Gasteiger partial charge is 0.508 e. The molecule has 1 unspecified atom stereocenters. The van der Waals surface area contributed by atoms with Crippen molar-refractivity contribution in [2.45, 2.75) is 13.2 Å². The highest BCUT2D eigenvalue weighted by atomic mass is 16.3. The molecule has 0 fully saturated rings. The van der Waals surface area contributed by atoms with Gasteiger partial charge in [-0.15, -0.1) is 0 Å². The van der Waals surface area contributed by atoms with Gasteiger partial charge in [0.15, 0.2) is 6.23 Å². The third kappa shape index (κ3) is 1.01. The average Bonchev–Trinajstić information content (AvgIpc) is 2.31. The molecule has 0 saturated heterocycles. The summed E-state index contributed by atoms with van der Waals surface area (Å²) in [5.41, 5.74) is 1.67. The number of phenols is 1. The maximum Gasteiger partial charge on any atom is 0.256 e. The van der Waals surface area contributed by atoms with Crippen LogP contribution in [0.15, 0.2) is 12.1 Å². The van der Waals surface area contributed by atoms with Gasteiger partial charge in [0, 0.05) is 12.6 Å². The van der Waals surface area contributed by atoms with Crippen LogP contribution in [0.1, 0.15) is 27.7 Å². The molecule has 1 atom stereocenters. The molecular weight excluding hydrogens is 182 g/mol. The van der Waals surface area contributed by atoms with E-state index in [2.05, 4.69) is 0 Å². The molecule has 0 aliphatic carbocycles. The van der Waals surface area contributed by atoms with Crippen molar-refractivity contribution in [1.29, 1.82) is 0 Å². The summed E-state index contributed by atoms with van der Waals surface area (Å²) in [6.07, 6.45) is -0.941. The van der Waals surface area contributed by atoms with Crippen LogP contribution in [0.2, 0.25) is 0 Å². The predicted molar refractivity (Wildman–Crippen MR) is 49.9 cm³/mol. The zero-order valence-corrected chi connectivity index (χ0v) is 7.98. The van der Waals surface area contributed by atoms with Crippen LogP contribution in [0.5, 0.6) is 5.75 Å². The Hall–Kier alpha value is -1.55. The maximum absolute atomic E-state index is 11.6. The van der Waals surface area contributed by atoms with Gasteiger partial charge in [-0.1, -0.05) is 0 Å². The molecule has 1 aliphatic rings. The lowest BCUT2D eigenvalue weighted by Gasteiger charge is -2.13. The molecule has 1 heterocycles. The number of carbonyl (C=O) groups excluding carboxylic acids is 1. The second-order valence-electron chi connectivity index (χ2n) is 3.52. The van der Waals surface area contributed by atoms with Crippen LogP contribution in [-0.4, -0.2) is 28.1 Å². The first kappa shape index (κ1) is 9.02. The lowest BCUT2D eigenvalue weighted by atomic mass is 10.0. The van der Waals surface area contributed by atoms with E-state index in [0.717, 1.165) is 0 Å². The van der Waals surface area contributed by atoms with Crippen molar-refractivity contribution >= 4 is 5.91 Å². The molecule has 4 heteroatoms. The van der Waals surface area contributed by atoms with Crippen molar-refractivity contribution in [2.75, 3.05) is 7.05 Å². The first-order chi connectivity index (χ1) is 6.52. The number of nitrogens with zero attached hydrogens (tertiary/aromatic N) is 1. The third-order valence-corrected chi connectivity index (χ3v) is 2.53. The Morgan fingerprint density at radius 3 is 2.71 bits per heavy atom. The van der Waals surface area contributed by atoms with Gasteiger partial charge < -0.3 is 15.1 Å². The van der Waals surface area contributed by atoms with Crippen LogP contribution >= 0.6 is 0 Å². The minimum atomic E-state index is -0.941. The number of amides is 1. The molecule has 0 spiro atoms. The fourth-order valence-corrected chi connectivity index (χ4v) is 1.79. The second-order valence-corrected chi connectivity index (χ2v) is 3.52. The highest BCUT2D eigenvalue weighted by Gasteiger charge is 2.34. The zero-order chi connectivity index (χ0) is 10.5. The summed E-state index contributed by atoms with van der Waals surface area (Å²) in [4.78, 5) is 12.9. The van der Waals surface area contributed by atoms with E-state index in [4.69, 9.17) is 0 Å². The van der Waals surface area contributed by atoms with Crippen LogP contribution in [0.25, 0.3) is 0 Å². The van der Waals surface area contributed by atoms with Gasteiger partial charge in [-0.25, -0.2) is 0 Å². The van der Waals surface area contributed by atoms with Crippen molar-refractivity contribution in [2.24, 2.45) is 0 Å². The van der Waals surface area contributed by atoms with Gasteiger partial charge in [-0.2, -0.15) is 0 Å². The fourth-order valence-electron chi connectivity index (χ4n) is 1.79. The van der Waals surface area contributed by atoms with Gasteiger partial charge >= 0.3 is 0 Å². The summed E-state index contributed by atoms with van der Waals surface area (Å²) in [6, 6.07) is 2.94. The Bertz CT molecular complexity index is 414. The monoisotopic (exact) mass is 193 g/mol. The van der Waals surface area contributed by atoms with E-state index in [1.807, 2.05) is 0 Å². The second kappa shape index (κ2) is 2.72. The van der Waals surface area contributed by atoms with E-state index >= 15 is 0 Å². The quantitative estimate of drug-likeness (QED) is 0.640. The molecule has 0 aromatic heterocycles. The van der Waals surface area contributed by atoms with Crippen molar-refractivity contribution in [3.8, 4) is 5.75 Å². The number of hydrogen-bond acceptors (Lipinski definition) is 3. The summed E-state index contributed by atoms with van der Waals surface area (Å²) in [7, 11) is 1.53. The van der Waals surface area contributed by atoms with Crippen LogP contribution < -0.4 is 0 Å². The predicted octanol–water partition coefficient (Wildman–Crippen LogP) is 0.777. The molecule has 14 heavy (non-hydrogen) atoms. The van der Waals surface area contributed by atoms with E-state index in [-0.39, 0.29) is 11.7 Å². The molecule has 1 aromatic carbocycles. The van der Waals surface area contributed by atoms with Gasteiger partial charge in [-0.3, -0.25) is 4.79 Å². The van der Waals surface area contributed by atoms with Crippen molar-refractivity contribution < 1.29 is 15.0 Å². The molecule has 74 valence electrons. The van der Waals surface area contributed by atoms with Gasteiger partial charge in [0.05, 0.1) is 5.56 Å². The summed E-state index contributed by atoms with van der Waals surface area (Å²) < 4.78 is 0. The fraction of sp³-hybridized carbons (Fsp3) is 0.300. The Labute approximate surface area is 81.4 Å². The lowest BCUT2D eigenvalue weighted by Crippen LogP contribution is -2.22. The minimum Gasteiger partial charge on any atom is -0.508 e. The molecule has 0 saturated carbocycles. The number of fused-ring (bicyclic) bond motifs is 1. The van der Waals surface area contributed by atoms with E-state index in [1.54, 1.807) is 6.92 Å². The lowest BCUT2D eigenvalue weighted by molar-refractivity contribution is 0.0301. The molecule has 0 radical (unpaired) electrons. The zero-order valence-electron chi connectivity index (χ0n) is 7.98. The number of aromatic hydroxyl groups is 1. The van der Waals surface area contributed by atoms with Crippen LogP contribution in [-0.2, 0) is 0 Å². The summed E-state index contributed by atoms with van der Waals surface area (Å²) in [5, 5.41) is 19.0. The smallest absolute Gasteiger partial charge is 0.256 e. The van der Waals surface area contributed by atoms with Gasteiger partial charge in [-0.05, 0) is 24.6 Å². The topological polar surface area (TPSA) is 60.8 Å². The number of hydrogen-bond donors (Lipinski definition) is 2. The van der Waals surface area contributed by atoms with Crippen LogP contribution in [0, 0.1) is 6.92 Å². The summed E-state index contributed by atoms with van der Waals surface area (Å²) in [5.74, 6) is -0.131. The summed E-state index contributed by atoms with van der Waals surface area (Å²) >= 11 is 0. The molecule has 2 rings (SSSR count). The number of benzene rings is 1. The average molecular weight is 193 g/mol. The first-order valence-electron chi connectivity index (χ1n) is 4.31. The third-order valence-electron chi connectivity index (χ3n) is 2.53. The van der Waals surface area contributed by atoms with Crippen molar-refractivity contribution in [3.63, 3.8) is 0 Å². The normalized spacial score (nSPS) is 20.1. The molecule has 4 nitrogen and oxygen atoms in total. The Morgan fingerprint density at radius 1 is 1.43 bits per heavy atom. The van der Waals surface area contributed by atoms with E-state index in [0.29, 0.717) is 16.7 Å². The van der Waals surface area contributed by atoms with E-state index in [1.165, 1.54) is 24.1 Å². The Kier molecular flexibility index (Phi) is 1.75. The van der Waals surface area contributed by atoms with Gasteiger partial charge in [0.25, 0.3) is 5.91 Å². The number of rotatable bonds is 0. The number of phenolic OH excluding ortho intramolecular Hbond substituents is 1. The number of aryl methyl sites for hydroxylation is 1. The summed E-state index contributed by atoms with van der Waals surface area (Å²) in [6.45, 7) is 1.74. The number of aliphatic hydroxyl groups excluding tert-OH is 1. The SMILES string of the molecule is Cc1cc(O)cc2c1C(=O)N(C)C2O. The molecular formula is C10H11NO3. The molecule has 2 N–H and O–H groups in total. The van der Waals surface area contributed by atoms with Crippen molar-refractivity contribution in [1.82, 2.24) is 4.90 Å². The molecule has 1 amide bonds. The highest BCUT2D eigenvalue weighted by molar-refractivity contribution is 6.00. The van der Waals surface area contributed by atoms with Crippen LogP contribution in [0.3, 0.4) is 0 Å². The number of carbonyl (C=O) groups is 1. The molecule has 0 bridgehead atoms.